The number of terminal acetylenes is 1. The number of rotatable bonds is 29. The summed E-state index contributed by atoms with van der Waals surface area (Å²) in [5.74, 6) is -0.423. The molecule has 352 valence electrons. The SMILES string of the molecule is C#CC.O=C(O)CCc1ccc(O)c(CN(CCN(CCOO)Cc2cc(CCCOO)ccc2O)CC(=O)O)c1.O=COc1cccc(CNCCNCc2cccc(C(=O)O)n2)n1. The molecule has 20 nitrogen and oxygen atoms in total. The Morgan fingerprint density at radius 2 is 1.29 bits per heavy atom. The Hall–Kier alpha value is -6.54. The molecule has 0 amide bonds. The molecule has 0 atom stereocenters. The van der Waals surface area contributed by atoms with E-state index < -0.39 is 17.9 Å². The lowest BCUT2D eigenvalue weighted by Crippen LogP contribution is -2.38. The number of hydrogen-bond acceptors (Lipinski definition) is 17. The number of carbonyl (C=O) groups excluding carboxylic acids is 1. The number of phenolic OH excluding ortho intramolecular Hbond substituents is 2. The number of aromatic hydroxyl groups is 2. The Kier molecular flexibility index (Phi) is 27.0. The highest BCUT2D eigenvalue weighted by Gasteiger charge is 2.17. The number of carboxylic acid groups (broad SMARTS) is 3. The fourth-order valence-electron chi connectivity index (χ4n) is 6.02. The van der Waals surface area contributed by atoms with E-state index in [9.17, 15) is 34.5 Å². The zero-order chi connectivity index (χ0) is 47.8. The molecule has 0 saturated carbocycles. The van der Waals surface area contributed by atoms with Crippen LogP contribution < -0.4 is 15.4 Å². The van der Waals surface area contributed by atoms with Gasteiger partial charge in [0.25, 0.3) is 6.47 Å². The summed E-state index contributed by atoms with van der Waals surface area (Å²) in [5, 5.41) is 71.7. The highest BCUT2D eigenvalue weighted by Crippen LogP contribution is 2.23. The number of nitrogens with one attached hydrogen (secondary N) is 2. The Balaban J connectivity index is 0.000000459. The second-order valence-corrected chi connectivity index (χ2v) is 14.1. The van der Waals surface area contributed by atoms with Gasteiger partial charge in [0.15, 0.2) is 0 Å². The van der Waals surface area contributed by atoms with Gasteiger partial charge in [0, 0.05) is 82.5 Å². The van der Waals surface area contributed by atoms with Gasteiger partial charge in [0.1, 0.15) is 17.2 Å². The molecule has 65 heavy (non-hydrogen) atoms. The van der Waals surface area contributed by atoms with Gasteiger partial charge in [-0.05, 0) is 67.6 Å². The predicted molar refractivity (Wildman–Crippen MR) is 236 cm³/mol. The fourth-order valence-corrected chi connectivity index (χ4v) is 6.02. The second kappa shape index (κ2) is 32.2. The van der Waals surface area contributed by atoms with Gasteiger partial charge in [-0.3, -0.25) is 34.7 Å². The molecule has 0 aliphatic carbocycles. The lowest BCUT2D eigenvalue weighted by molar-refractivity contribution is -0.244. The fraction of sp³-hybridized carbons (Fsp3) is 0.378. The van der Waals surface area contributed by atoms with Gasteiger partial charge in [-0.15, -0.1) is 12.3 Å². The number of nitrogens with zero attached hydrogens (tertiary/aromatic N) is 4. The molecule has 20 heteroatoms. The third-order valence-corrected chi connectivity index (χ3v) is 9.06. The predicted octanol–water partition coefficient (Wildman–Crippen LogP) is 3.64. The molecule has 2 aromatic heterocycles. The monoisotopic (exact) mass is 906 g/mol. The molecule has 4 aromatic rings. The summed E-state index contributed by atoms with van der Waals surface area (Å²) in [6.07, 6.45) is 6.05. The summed E-state index contributed by atoms with van der Waals surface area (Å²) in [4.78, 5) is 63.6. The van der Waals surface area contributed by atoms with E-state index in [0.717, 1.165) is 16.8 Å². The number of ether oxygens (including phenoxy) is 1. The van der Waals surface area contributed by atoms with Crippen LogP contribution in [0.2, 0.25) is 0 Å². The van der Waals surface area contributed by atoms with Crippen molar-refractivity contribution in [1.82, 2.24) is 30.4 Å². The van der Waals surface area contributed by atoms with Crippen LogP contribution >= 0.6 is 0 Å². The highest BCUT2D eigenvalue weighted by atomic mass is 17.1. The molecule has 0 fully saturated rings. The van der Waals surface area contributed by atoms with Crippen molar-refractivity contribution >= 4 is 24.4 Å². The summed E-state index contributed by atoms with van der Waals surface area (Å²) in [6, 6.07) is 20.1. The number of phenols is 2. The van der Waals surface area contributed by atoms with Crippen molar-refractivity contribution in [3.8, 4) is 29.7 Å². The molecular formula is C45H58N6O14. The summed E-state index contributed by atoms with van der Waals surface area (Å²) in [6.45, 7) is 5.67. The maximum Gasteiger partial charge on any atom is 0.354 e. The van der Waals surface area contributed by atoms with Gasteiger partial charge >= 0.3 is 17.9 Å². The number of aromatic nitrogens is 2. The number of aromatic carboxylic acids is 1. The van der Waals surface area contributed by atoms with Gasteiger partial charge in [0.2, 0.25) is 5.88 Å². The van der Waals surface area contributed by atoms with Crippen LogP contribution in [0.25, 0.3) is 0 Å². The van der Waals surface area contributed by atoms with Gasteiger partial charge in [-0.25, -0.2) is 24.5 Å². The number of hydrogen-bond donors (Lipinski definition) is 9. The first-order valence-electron chi connectivity index (χ1n) is 20.4. The Labute approximate surface area is 376 Å². The standard InChI is InChI=1S/C26H36N2O10.C16H18N4O4.C3H4/c29-23-6-3-19(2-1-12-37-35)14-21(23)16-27(11-13-38-36)9-10-28(18-26(33)34)17-22-15-20(4-7-24(22)30)5-8-25(31)32;21-11-24-15-6-2-4-13(20-15)10-18-8-7-17-9-12-3-1-5-14(19-12)16(22)23;1-3-2/h3-4,6-7,14-15,29-30,35-36H,1-2,5,8-13,16-18H2,(H,31,32)(H,33,34);1-6,11,17-18H,7-10H2,(H,22,23);1H,2H3. The zero-order valence-electron chi connectivity index (χ0n) is 36.2. The van der Waals surface area contributed by atoms with E-state index in [1.165, 1.54) is 12.1 Å². The molecule has 0 aliphatic heterocycles. The summed E-state index contributed by atoms with van der Waals surface area (Å²) < 4.78 is 4.69. The van der Waals surface area contributed by atoms with Crippen LogP contribution in [0.5, 0.6) is 17.4 Å². The maximum absolute atomic E-state index is 11.5. The third kappa shape index (κ3) is 23.6. The maximum atomic E-state index is 11.5. The molecule has 0 bridgehead atoms. The van der Waals surface area contributed by atoms with Crippen molar-refractivity contribution in [2.24, 2.45) is 0 Å². The zero-order valence-corrected chi connectivity index (χ0v) is 36.2. The van der Waals surface area contributed by atoms with Crippen LogP contribution in [0.15, 0.2) is 72.8 Å². The van der Waals surface area contributed by atoms with Crippen LogP contribution in [-0.4, -0.2) is 133 Å². The first-order valence-corrected chi connectivity index (χ1v) is 20.4. The van der Waals surface area contributed by atoms with E-state index in [1.807, 2.05) is 17.0 Å². The molecule has 2 aromatic carbocycles. The largest absolute Gasteiger partial charge is 0.508 e. The Morgan fingerprint density at radius 1 is 0.738 bits per heavy atom. The van der Waals surface area contributed by atoms with E-state index in [2.05, 4.69) is 47.5 Å². The smallest absolute Gasteiger partial charge is 0.354 e. The van der Waals surface area contributed by atoms with E-state index in [4.69, 9.17) is 20.7 Å². The number of benzene rings is 2. The Bertz CT molecular complexity index is 2100. The van der Waals surface area contributed by atoms with Gasteiger partial charge in [0.05, 0.1) is 31.1 Å². The molecule has 4 rings (SSSR count). The van der Waals surface area contributed by atoms with Crippen LogP contribution in [0.1, 0.15) is 63.9 Å². The van der Waals surface area contributed by atoms with Crippen molar-refractivity contribution < 1.29 is 69.7 Å². The normalized spacial score (nSPS) is 10.6. The van der Waals surface area contributed by atoms with Crippen molar-refractivity contribution in [1.29, 1.82) is 0 Å². The first kappa shape index (κ1) is 54.6. The second-order valence-electron chi connectivity index (χ2n) is 14.1. The summed E-state index contributed by atoms with van der Waals surface area (Å²) in [7, 11) is 0. The molecule has 0 radical (unpaired) electrons. The summed E-state index contributed by atoms with van der Waals surface area (Å²) >= 11 is 0. The van der Waals surface area contributed by atoms with Crippen LogP contribution in [0, 0.1) is 12.3 Å². The third-order valence-electron chi connectivity index (χ3n) is 9.06. The first-order chi connectivity index (χ1) is 31.3. The minimum absolute atomic E-state index is 0.000364. The lowest BCUT2D eigenvalue weighted by atomic mass is 10.0. The van der Waals surface area contributed by atoms with Crippen LogP contribution in [0.3, 0.4) is 0 Å². The van der Waals surface area contributed by atoms with E-state index >= 15 is 0 Å². The average Bonchev–Trinajstić information content (AvgIpc) is 3.27. The highest BCUT2D eigenvalue weighted by molar-refractivity contribution is 5.85. The molecule has 9 N–H and O–H groups in total. The van der Waals surface area contributed by atoms with Crippen molar-refractivity contribution in [2.45, 2.75) is 58.8 Å². The molecule has 0 aliphatic rings. The number of aliphatic carboxylic acids is 2. The number of carbonyl (C=O) groups is 4. The van der Waals surface area contributed by atoms with E-state index in [0.29, 0.717) is 81.9 Å². The van der Waals surface area contributed by atoms with Crippen LogP contribution in [-0.2, 0) is 63.2 Å². The summed E-state index contributed by atoms with van der Waals surface area (Å²) in [5.41, 5.74) is 4.27. The topological polar surface area (TPSA) is 294 Å². The Morgan fingerprint density at radius 3 is 1.85 bits per heavy atom. The number of carboxylic acids is 3. The molecule has 0 unspecified atom stereocenters. The van der Waals surface area contributed by atoms with Crippen LogP contribution in [0.4, 0.5) is 0 Å². The molecule has 0 saturated heterocycles. The molecular weight excluding hydrogens is 849 g/mol. The van der Waals surface area contributed by atoms with Crippen molar-refractivity contribution in [3.05, 3.63) is 112 Å². The van der Waals surface area contributed by atoms with Gasteiger partial charge < -0.3 is 40.9 Å². The minimum atomic E-state index is -1.05. The van der Waals surface area contributed by atoms with Crippen molar-refractivity contribution in [3.63, 3.8) is 0 Å². The average molecular weight is 907 g/mol. The van der Waals surface area contributed by atoms with Gasteiger partial charge in [-0.2, -0.15) is 0 Å². The lowest BCUT2D eigenvalue weighted by Gasteiger charge is -2.27. The minimum Gasteiger partial charge on any atom is -0.508 e. The van der Waals surface area contributed by atoms with Crippen molar-refractivity contribution in [2.75, 3.05) is 52.5 Å². The van der Waals surface area contributed by atoms with Gasteiger partial charge in [-0.1, -0.05) is 36.4 Å². The molecule has 2 heterocycles. The molecule has 0 spiro atoms. The number of aryl methyl sites for hydroxylation is 2. The van der Waals surface area contributed by atoms with E-state index in [1.54, 1.807) is 60.4 Å². The van der Waals surface area contributed by atoms with E-state index in [-0.39, 0.29) is 68.8 Å². The quantitative estimate of drug-likeness (QED) is 0.0124. The number of pyridine rings is 2.